The van der Waals surface area contributed by atoms with Gasteiger partial charge >= 0.3 is 11.9 Å². The summed E-state index contributed by atoms with van der Waals surface area (Å²) >= 11 is 0. The molecule has 0 unspecified atom stereocenters. The summed E-state index contributed by atoms with van der Waals surface area (Å²) in [6, 6.07) is 20.5. The Bertz CT molecular complexity index is 742. The van der Waals surface area contributed by atoms with Crippen LogP contribution in [0.2, 0.25) is 0 Å². The molecule has 0 aromatic heterocycles. The average molecular weight is 399 g/mol. The molecule has 3 N–H and O–H groups in total. The van der Waals surface area contributed by atoms with Crippen molar-refractivity contribution in [3.8, 4) is 0 Å². The number of likely N-dealkylation sites (tertiary alicyclic amines) is 1. The number of carboxylic acids is 2. The fraction of sp³-hybridized carbons (Fsp3) is 0.391. The van der Waals surface area contributed by atoms with E-state index >= 15 is 0 Å². The van der Waals surface area contributed by atoms with Gasteiger partial charge in [-0.3, -0.25) is 4.90 Å². The van der Waals surface area contributed by atoms with Gasteiger partial charge in [-0.25, -0.2) is 9.59 Å². The Kier molecular flexibility index (Phi) is 9.34. The fourth-order valence-electron chi connectivity index (χ4n) is 3.29. The van der Waals surface area contributed by atoms with Crippen LogP contribution in [0.5, 0.6) is 0 Å². The molecule has 2 aromatic carbocycles. The van der Waals surface area contributed by atoms with Crippen LogP contribution in [0, 0.1) is 0 Å². The molecular formula is C23H30N2O4. The lowest BCUT2D eigenvalue weighted by molar-refractivity contribution is -0.159. The Morgan fingerprint density at radius 3 is 1.97 bits per heavy atom. The predicted molar refractivity (Wildman–Crippen MR) is 113 cm³/mol. The van der Waals surface area contributed by atoms with E-state index in [0.29, 0.717) is 6.04 Å². The molecular weight excluding hydrogens is 368 g/mol. The summed E-state index contributed by atoms with van der Waals surface area (Å²) in [5.74, 6) is -3.65. The Labute approximate surface area is 172 Å². The highest BCUT2D eigenvalue weighted by molar-refractivity contribution is 6.27. The van der Waals surface area contributed by atoms with Crippen LogP contribution in [0.4, 0.5) is 0 Å². The van der Waals surface area contributed by atoms with Crippen LogP contribution in [0.3, 0.4) is 0 Å². The third-order valence-corrected chi connectivity index (χ3v) is 5.05. The second-order valence-electron chi connectivity index (χ2n) is 7.20. The molecule has 1 aliphatic heterocycles. The van der Waals surface area contributed by atoms with Gasteiger partial charge in [-0.1, -0.05) is 61.5 Å². The normalized spacial score (nSPS) is 14.7. The van der Waals surface area contributed by atoms with Crippen LogP contribution in [-0.4, -0.2) is 46.2 Å². The Hall–Kier alpha value is -2.70. The van der Waals surface area contributed by atoms with Gasteiger partial charge in [-0.15, -0.1) is 0 Å². The average Bonchev–Trinajstić information content (AvgIpc) is 2.75. The number of nitrogens with zero attached hydrogens (tertiary/aromatic N) is 1. The van der Waals surface area contributed by atoms with Gasteiger partial charge in [0, 0.05) is 19.1 Å². The molecule has 6 nitrogen and oxygen atoms in total. The highest BCUT2D eigenvalue weighted by Gasteiger charge is 2.18. The Morgan fingerprint density at radius 2 is 1.45 bits per heavy atom. The van der Waals surface area contributed by atoms with Gasteiger partial charge in [-0.2, -0.15) is 0 Å². The fourth-order valence-corrected chi connectivity index (χ4v) is 3.29. The van der Waals surface area contributed by atoms with Crippen LogP contribution in [0.15, 0.2) is 54.6 Å². The van der Waals surface area contributed by atoms with Crippen LogP contribution in [-0.2, 0) is 29.1 Å². The van der Waals surface area contributed by atoms with Gasteiger partial charge in [0.2, 0.25) is 0 Å². The van der Waals surface area contributed by atoms with Crippen molar-refractivity contribution in [1.29, 1.82) is 0 Å². The molecule has 0 bridgehead atoms. The summed E-state index contributed by atoms with van der Waals surface area (Å²) in [7, 11) is 0. The summed E-state index contributed by atoms with van der Waals surface area (Å²) in [6.45, 7) is 6.68. The van der Waals surface area contributed by atoms with Crippen molar-refractivity contribution in [3.63, 3.8) is 0 Å². The summed E-state index contributed by atoms with van der Waals surface area (Å²) in [5.41, 5.74) is 4.24. The van der Waals surface area contributed by atoms with E-state index in [2.05, 4.69) is 71.7 Å². The zero-order valence-corrected chi connectivity index (χ0v) is 16.9. The van der Waals surface area contributed by atoms with E-state index in [0.717, 1.165) is 19.5 Å². The van der Waals surface area contributed by atoms with E-state index < -0.39 is 11.9 Å². The largest absolute Gasteiger partial charge is 0.473 e. The van der Waals surface area contributed by atoms with Gasteiger partial charge in [0.25, 0.3) is 0 Å². The molecule has 0 amide bonds. The summed E-state index contributed by atoms with van der Waals surface area (Å²) in [6.07, 6.45) is 3.62. The minimum Gasteiger partial charge on any atom is -0.473 e. The minimum absolute atomic E-state index is 0.660. The standard InChI is InChI=1S/C21H28N2.C2H2O4/c1-2-18-8-10-19(11-9-18)16-22-21-12-14-23(15-13-21)17-20-6-4-3-5-7-20;3-1(4)2(5)6/h3-11,21-22H,2,12-17H2,1H3;(H,3,4)(H,5,6). The number of hydrogen-bond donors (Lipinski definition) is 3. The van der Waals surface area contributed by atoms with Crippen molar-refractivity contribution in [2.45, 2.75) is 45.3 Å². The molecule has 29 heavy (non-hydrogen) atoms. The molecule has 1 heterocycles. The van der Waals surface area contributed by atoms with Crippen molar-refractivity contribution in [2.24, 2.45) is 0 Å². The Morgan fingerprint density at radius 1 is 0.897 bits per heavy atom. The van der Waals surface area contributed by atoms with E-state index in [4.69, 9.17) is 19.8 Å². The van der Waals surface area contributed by atoms with Crippen molar-refractivity contribution >= 4 is 11.9 Å². The number of piperidine rings is 1. The number of aryl methyl sites for hydroxylation is 1. The lowest BCUT2D eigenvalue weighted by atomic mass is 10.0. The van der Waals surface area contributed by atoms with E-state index in [1.54, 1.807) is 0 Å². The van der Waals surface area contributed by atoms with E-state index in [1.165, 1.54) is 42.6 Å². The summed E-state index contributed by atoms with van der Waals surface area (Å²) in [5, 5.41) is 18.5. The lowest BCUT2D eigenvalue weighted by Crippen LogP contribution is -2.41. The van der Waals surface area contributed by atoms with Gasteiger partial charge < -0.3 is 15.5 Å². The maximum atomic E-state index is 9.10. The highest BCUT2D eigenvalue weighted by atomic mass is 16.4. The topological polar surface area (TPSA) is 89.9 Å². The monoisotopic (exact) mass is 398 g/mol. The number of nitrogens with one attached hydrogen (secondary N) is 1. The molecule has 2 aromatic rings. The summed E-state index contributed by atoms with van der Waals surface area (Å²) < 4.78 is 0. The lowest BCUT2D eigenvalue weighted by Gasteiger charge is -2.32. The molecule has 1 saturated heterocycles. The third-order valence-electron chi connectivity index (χ3n) is 5.05. The molecule has 0 spiro atoms. The number of benzene rings is 2. The zero-order chi connectivity index (χ0) is 21.1. The molecule has 1 fully saturated rings. The van der Waals surface area contributed by atoms with Gasteiger partial charge in [-0.05, 0) is 49.0 Å². The predicted octanol–water partition coefficient (Wildman–Crippen LogP) is 3.16. The van der Waals surface area contributed by atoms with Crippen LogP contribution >= 0.6 is 0 Å². The molecule has 156 valence electrons. The summed E-state index contributed by atoms with van der Waals surface area (Å²) in [4.78, 5) is 20.8. The quantitative estimate of drug-likeness (QED) is 0.648. The van der Waals surface area contributed by atoms with Crippen molar-refractivity contribution in [2.75, 3.05) is 13.1 Å². The van der Waals surface area contributed by atoms with Gasteiger partial charge in [0.1, 0.15) is 0 Å². The molecule has 0 saturated carbocycles. The van der Waals surface area contributed by atoms with E-state index in [9.17, 15) is 0 Å². The maximum absolute atomic E-state index is 9.10. The number of aliphatic carboxylic acids is 2. The van der Waals surface area contributed by atoms with Gasteiger partial charge in [0.15, 0.2) is 0 Å². The maximum Gasteiger partial charge on any atom is 0.414 e. The molecule has 3 rings (SSSR count). The molecule has 0 atom stereocenters. The molecule has 0 radical (unpaired) electrons. The van der Waals surface area contributed by atoms with Crippen molar-refractivity contribution < 1.29 is 19.8 Å². The van der Waals surface area contributed by atoms with Crippen LogP contribution < -0.4 is 5.32 Å². The van der Waals surface area contributed by atoms with Crippen LogP contribution in [0.1, 0.15) is 36.5 Å². The van der Waals surface area contributed by atoms with E-state index in [1.807, 2.05) is 0 Å². The van der Waals surface area contributed by atoms with Crippen LogP contribution in [0.25, 0.3) is 0 Å². The third kappa shape index (κ3) is 8.46. The highest BCUT2D eigenvalue weighted by Crippen LogP contribution is 2.14. The first-order chi connectivity index (χ1) is 14.0. The number of rotatable bonds is 6. The van der Waals surface area contributed by atoms with Crippen molar-refractivity contribution in [1.82, 2.24) is 10.2 Å². The molecule has 0 aliphatic carbocycles. The number of carboxylic acid groups (broad SMARTS) is 2. The van der Waals surface area contributed by atoms with Crippen molar-refractivity contribution in [3.05, 3.63) is 71.3 Å². The second kappa shape index (κ2) is 12.0. The first-order valence-electron chi connectivity index (χ1n) is 10.0. The number of carbonyl (C=O) groups is 2. The first-order valence-corrected chi connectivity index (χ1v) is 10.0. The van der Waals surface area contributed by atoms with E-state index in [-0.39, 0.29) is 0 Å². The first kappa shape index (κ1) is 22.6. The SMILES string of the molecule is CCc1ccc(CNC2CCN(Cc3ccccc3)CC2)cc1.O=C(O)C(=O)O. The Balaban J connectivity index is 0.000000438. The minimum atomic E-state index is -1.82. The second-order valence-corrected chi connectivity index (χ2v) is 7.20. The van der Waals surface area contributed by atoms with Gasteiger partial charge in [0.05, 0.1) is 0 Å². The zero-order valence-electron chi connectivity index (χ0n) is 16.9. The number of hydrogen-bond acceptors (Lipinski definition) is 4. The molecule has 1 aliphatic rings. The smallest absolute Gasteiger partial charge is 0.414 e. The molecule has 6 heteroatoms.